The number of hydrogen-bond acceptors (Lipinski definition) is 0. The summed E-state index contributed by atoms with van der Waals surface area (Å²) in [4.78, 5) is 0. The van der Waals surface area contributed by atoms with Crippen molar-refractivity contribution in [3.63, 3.8) is 0 Å². The van der Waals surface area contributed by atoms with E-state index in [9.17, 15) is 0 Å². The zero-order chi connectivity index (χ0) is 13.4. The molecule has 0 N–H and O–H groups in total. The van der Waals surface area contributed by atoms with Crippen molar-refractivity contribution in [2.75, 3.05) is 0 Å². The van der Waals surface area contributed by atoms with E-state index in [1.165, 1.54) is 21.8 Å². The largest absolute Gasteiger partial charge is 0.341 e. The van der Waals surface area contributed by atoms with Crippen LogP contribution >= 0.6 is 0 Å². The van der Waals surface area contributed by atoms with Crippen molar-refractivity contribution in [3.8, 4) is 0 Å². The maximum Gasteiger partial charge on any atom is 0.0491 e. The quantitative estimate of drug-likeness (QED) is 0.606. The van der Waals surface area contributed by atoms with Gasteiger partial charge >= 0.3 is 0 Å². The minimum Gasteiger partial charge on any atom is -0.341 e. The number of aryl methyl sites for hydroxylation is 1. The molecule has 2 aromatic carbocycles. The second-order valence-corrected chi connectivity index (χ2v) is 4.71. The van der Waals surface area contributed by atoms with Crippen molar-refractivity contribution < 1.29 is 0 Å². The molecule has 0 radical (unpaired) electrons. The van der Waals surface area contributed by atoms with E-state index in [4.69, 9.17) is 0 Å². The van der Waals surface area contributed by atoms with Crippen molar-refractivity contribution in [1.29, 1.82) is 0 Å². The molecule has 0 aliphatic rings. The fourth-order valence-corrected chi connectivity index (χ4v) is 2.73. The highest BCUT2D eigenvalue weighted by atomic mass is 15.0. The Morgan fingerprint density at radius 1 is 0.895 bits per heavy atom. The lowest BCUT2D eigenvalue weighted by Gasteiger charge is -2.03. The molecule has 19 heavy (non-hydrogen) atoms. The molecule has 1 heteroatoms. The average molecular weight is 247 g/mol. The van der Waals surface area contributed by atoms with Crippen molar-refractivity contribution in [2.45, 2.75) is 13.5 Å². The fourth-order valence-electron chi connectivity index (χ4n) is 2.73. The Kier molecular flexibility index (Phi) is 2.75. The van der Waals surface area contributed by atoms with Gasteiger partial charge in [0.1, 0.15) is 0 Å². The third-order valence-electron chi connectivity index (χ3n) is 3.70. The first-order valence-corrected chi connectivity index (χ1v) is 6.59. The number of benzene rings is 2. The fraction of sp³-hybridized carbons (Fsp3) is 0.111. The predicted molar refractivity (Wildman–Crippen MR) is 85.3 cm³/mol. The van der Waals surface area contributed by atoms with Crippen molar-refractivity contribution >= 4 is 34.0 Å². The first-order chi connectivity index (χ1) is 9.28. The van der Waals surface area contributed by atoms with E-state index >= 15 is 0 Å². The van der Waals surface area contributed by atoms with Gasteiger partial charge in [-0.3, -0.25) is 0 Å². The van der Waals surface area contributed by atoms with Gasteiger partial charge in [-0.05, 0) is 42.3 Å². The molecule has 1 heterocycles. The van der Waals surface area contributed by atoms with Gasteiger partial charge in [-0.2, -0.15) is 0 Å². The van der Waals surface area contributed by atoms with Gasteiger partial charge in [0.2, 0.25) is 0 Å². The molecule has 1 aromatic heterocycles. The monoisotopic (exact) mass is 247 g/mol. The van der Waals surface area contributed by atoms with E-state index < -0.39 is 0 Å². The van der Waals surface area contributed by atoms with E-state index in [1.54, 1.807) is 0 Å². The smallest absolute Gasteiger partial charge is 0.0491 e. The number of nitrogens with zero attached hydrogens (tertiary/aromatic N) is 1. The van der Waals surface area contributed by atoms with Gasteiger partial charge in [-0.1, -0.05) is 37.4 Å². The second kappa shape index (κ2) is 4.43. The molecule has 0 spiro atoms. The van der Waals surface area contributed by atoms with Crippen molar-refractivity contribution in [2.24, 2.45) is 0 Å². The summed E-state index contributed by atoms with van der Waals surface area (Å²) in [5, 5.41) is 2.58. The highest BCUT2D eigenvalue weighted by molar-refractivity contribution is 6.09. The molecule has 0 fully saturated rings. The maximum atomic E-state index is 3.86. The van der Waals surface area contributed by atoms with Crippen LogP contribution in [0.15, 0.2) is 49.6 Å². The summed E-state index contributed by atoms with van der Waals surface area (Å²) in [6.07, 6.45) is 3.79. The number of rotatable bonds is 3. The average Bonchev–Trinajstić information content (AvgIpc) is 2.79. The molecular formula is C18H17N. The molecule has 0 bridgehead atoms. The summed E-state index contributed by atoms with van der Waals surface area (Å²) in [6, 6.07) is 13.0. The van der Waals surface area contributed by atoms with Crippen LogP contribution in [0.5, 0.6) is 0 Å². The topological polar surface area (TPSA) is 4.93 Å². The molecule has 3 aromatic rings. The molecular weight excluding hydrogens is 230 g/mol. The van der Waals surface area contributed by atoms with Crippen LogP contribution in [-0.2, 0) is 6.54 Å². The minimum absolute atomic E-state index is 0.973. The van der Waals surface area contributed by atoms with Crippen LogP contribution in [0.4, 0.5) is 0 Å². The van der Waals surface area contributed by atoms with Gasteiger partial charge in [-0.25, -0.2) is 0 Å². The van der Waals surface area contributed by atoms with Gasteiger partial charge in [0.05, 0.1) is 0 Å². The van der Waals surface area contributed by atoms with E-state index in [0.29, 0.717) is 0 Å². The summed E-state index contributed by atoms with van der Waals surface area (Å²) < 4.78 is 2.35. The van der Waals surface area contributed by atoms with Crippen LogP contribution in [0.3, 0.4) is 0 Å². The Labute approximate surface area is 113 Å². The molecule has 0 aliphatic carbocycles. The first-order valence-electron chi connectivity index (χ1n) is 6.59. The second-order valence-electron chi connectivity index (χ2n) is 4.71. The van der Waals surface area contributed by atoms with E-state index in [0.717, 1.165) is 17.7 Å². The van der Waals surface area contributed by atoms with E-state index in [1.807, 2.05) is 12.2 Å². The SMILES string of the molecule is C=Cc1ccc2c(c1)c1cc(C=C)ccc1n2CC. The van der Waals surface area contributed by atoms with Gasteiger partial charge in [0.25, 0.3) is 0 Å². The summed E-state index contributed by atoms with van der Waals surface area (Å²) in [6.45, 7) is 10.9. The van der Waals surface area contributed by atoms with Crippen LogP contribution in [0.1, 0.15) is 18.1 Å². The first kappa shape index (κ1) is 11.8. The van der Waals surface area contributed by atoms with Crippen molar-refractivity contribution in [1.82, 2.24) is 4.57 Å². The van der Waals surface area contributed by atoms with Gasteiger partial charge < -0.3 is 4.57 Å². The molecule has 94 valence electrons. The lowest BCUT2D eigenvalue weighted by molar-refractivity contribution is 0.827. The third-order valence-corrected chi connectivity index (χ3v) is 3.70. The molecule has 1 nitrogen and oxygen atoms in total. The van der Waals surface area contributed by atoms with Crippen LogP contribution in [0.2, 0.25) is 0 Å². The van der Waals surface area contributed by atoms with Crippen molar-refractivity contribution in [3.05, 3.63) is 60.7 Å². The lowest BCUT2D eigenvalue weighted by Crippen LogP contribution is -1.92. The van der Waals surface area contributed by atoms with Crippen LogP contribution in [-0.4, -0.2) is 4.57 Å². The molecule has 0 unspecified atom stereocenters. The third kappa shape index (κ3) is 1.70. The normalized spacial score (nSPS) is 11.0. The van der Waals surface area contributed by atoms with Gasteiger partial charge in [0.15, 0.2) is 0 Å². The summed E-state index contributed by atoms with van der Waals surface area (Å²) >= 11 is 0. The Morgan fingerprint density at radius 3 is 1.74 bits per heavy atom. The lowest BCUT2D eigenvalue weighted by atomic mass is 10.1. The molecule has 0 aliphatic heterocycles. The number of hydrogen-bond donors (Lipinski definition) is 0. The Hall–Kier alpha value is -2.28. The predicted octanol–water partition coefficient (Wildman–Crippen LogP) is 5.10. The Balaban J connectivity index is 2.50. The van der Waals surface area contributed by atoms with Crippen LogP contribution < -0.4 is 0 Å². The molecule has 0 atom stereocenters. The zero-order valence-electron chi connectivity index (χ0n) is 11.2. The standard InChI is InChI=1S/C18H17N/c1-4-13-7-9-17-15(11-13)16-12-14(5-2)8-10-18(16)19(17)6-3/h4-5,7-12H,1-2,6H2,3H3. The highest BCUT2D eigenvalue weighted by Gasteiger charge is 2.09. The summed E-state index contributed by atoms with van der Waals surface area (Å²) in [5.74, 6) is 0. The molecule has 0 saturated heterocycles. The zero-order valence-corrected chi connectivity index (χ0v) is 11.2. The molecule has 0 saturated carbocycles. The number of aromatic nitrogens is 1. The molecule has 0 amide bonds. The summed E-state index contributed by atoms with van der Waals surface area (Å²) in [5.41, 5.74) is 4.88. The minimum atomic E-state index is 0.973. The Morgan fingerprint density at radius 2 is 1.37 bits per heavy atom. The summed E-state index contributed by atoms with van der Waals surface area (Å²) in [7, 11) is 0. The number of fused-ring (bicyclic) bond motifs is 3. The van der Waals surface area contributed by atoms with E-state index in [2.05, 4.69) is 61.0 Å². The van der Waals surface area contributed by atoms with E-state index in [-0.39, 0.29) is 0 Å². The van der Waals surface area contributed by atoms with Crippen LogP contribution in [0, 0.1) is 0 Å². The maximum absolute atomic E-state index is 3.86. The highest BCUT2D eigenvalue weighted by Crippen LogP contribution is 2.31. The van der Waals surface area contributed by atoms with Crippen LogP contribution in [0.25, 0.3) is 34.0 Å². The van der Waals surface area contributed by atoms with Gasteiger partial charge in [0, 0.05) is 28.4 Å². The molecule has 3 rings (SSSR count). The van der Waals surface area contributed by atoms with Gasteiger partial charge in [-0.15, -0.1) is 0 Å². The Bertz CT molecular complexity index is 725.